The van der Waals surface area contributed by atoms with Crippen LogP contribution in [0.25, 0.3) is 5.57 Å². The van der Waals surface area contributed by atoms with Gasteiger partial charge in [0.25, 0.3) is 11.8 Å². The Morgan fingerprint density at radius 1 is 0.706 bits per heavy atom. The van der Waals surface area contributed by atoms with E-state index in [-0.39, 0.29) is 11.3 Å². The van der Waals surface area contributed by atoms with E-state index in [0.29, 0.717) is 34.2 Å². The van der Waals surface area contributed by atoms with Crippen LogP contribution >= 0.6 is 0 Å². The molecule has 4 rings (SSSR count). The van der Waals surface area contributed by atoms with Crippen molar-refractivity contribution in [3.8, 4) is 17.2 Å². The number of rotatable bonds is 7. The summed E-state index contributed by atoms with van der Waals surface area (Å²) < 4.78 is 16.2. The molecule has 1 N–H and O–H groups in total. The largest absolute Gasteiger partial charge is 0.497 e. The molecule has 0 bridgehead atoms. The van der Waals surface area contributed by atoms with Crippen molar-refractivity contribution in [3.63, 3.8) is 0 Å². The standard InChI is InChI=1S/C27H26N2O5/c1-16-6-9-18(10-7-16)24-25(28-19-13-20(32-3)15-21(14-19)33-4)27(31)29(26(24)30)22-12-17(2)8-11-23(22)34-5/h6-15,28H,1-5H3. The molecule has 1 aliphatic rings. The fraction of sp³-hybridized carbons (Fsp3) is 0.185. The van der Waals surface area contributed by atoms with Crippen molar-refractivity contribution in [2.24, 2.45) is 0 Å². The number of carbonyl (C=O) groups is 2. The van der Waals surface area contributed by atoms with Gasteiger partial charge in [-0.05, 0) is 37.1 Å². The smallest absolute Gasteiger partial charge is 0.282 e. The first kappa shape index (κ1) is 22.9. The van der Waals surface area contributed by atoms with Crippen molar-refractivity contribution >= 4 is 28.8 Å². The molecule has 3 aromatic carbocycles. The normalized spacial score (nSPS) is 13.4. The summed E-state index contributed by atoms with van der Waals surface area (Å²) in [6.07, 6.45) is 0. The maximum absolute atomic E-state index is 13.7. The van der Waals surface area contributed by atoms with Crippen molar-refractivity contribution in [1.29, 1.82) is 0 Å². The molecule has 0 radical (unpaired) electrons. The van der Waals surface area contributed by atoms with Gasteiger partial charge in [0.2, 0.25) is 0 Å². The van der Waals surface area contributed by atoms with Crippen LogP contribution < -0.4 is 24.4 Å². The zero-order chi connectivity index (χ0) is 24.4. The SMILES string of the molecule is COc1cc(NC2=C(c3ccc(C)cc3)C(=O)N(c3cc(C)ccc3OC)C2=O)cc(OC)c1. The number of anilines is 2. The van der Waals surface area contributed by atoms with Crippen LogP contribution in [0.3, 0.4) is 0 Å². The zero-order valence-corrected chi connectivity index (χ0v) is 19.8. The zero-order valence-electron chi connectivity index (χ0n) is 19.8. The summed E-state index contributed by atoms with van der Waals surface area (Å²) in [5.74, 6) is 0.614. The molecule has 0 saturated carbocycles. The lowest BCUT2D eigenvalue weighted by atomic mass is 10.0. The van der Waals surface area contributed by atoms with Gasteiger partial charge in [-0.25, -0.2) is 4.90 Å². The van der Waals surface area contributed by atoms with Crippen molar-refractivity contribution in [1.82, 2.24) is 0 Å². The molecule has 0 fully saturated rings. The number of imide groups is 1. The fourth-order valence-electron chi connectivity index (χ4n) is 3.85. The summed E-state index contributed by atoms with van der Waals surface area (Å²) in [4.78, 5) is 28.6. The highest BCUT2D eigenvalue weighted by atomic mass is 16.5. The number of carbonyl (C=O) groups excluding carboxylic acids is 2. The number of benzene rings is 3. The van der Waals surface area contributed by atoms with E-state index in [0.717, 1.165) is 16.0 Å². The van der Waals surface area contributed by atoms with E-state index in [1.54, 1.807) is 44.6 Å². The summed E-state index contributed by atoms with van der Waals surface area (Å²) in [7, 11) is 4.60. The molecule has 0 unspecified atom stereocenters. The maximum Gasteiger partial charge on any atom is 0.282 e. The second kappa shape index (κ2) is 9.31. The first-order valence-corrected chi connectivity index (χ1v) is 10.7. The van der Waals surface area contributed by atoms with Gasteiger partial charge in [0.05, 0.1) is 32.6 Å². The third-order valence-electron chi connectivity index (χ3n) is 5.62. The van der Waals surface area contributed by atoms with Crippen LogP contribution in [0.4, 0.5) is 11.4 Å². The fourth-order valence-corrected chi connectivity index (χ4v) is 3.85. The molecule has 0 aromatic heterocycles. The van der Waals surface area contributed by atoms with Crippen molar-refractivity contribution < 1.29 is 23.8 Å². The number of aryl methyl sites for hydroxylation is 2. The highest BCUT2D eigenvalue weighted by Crippen LogP contribution is 2.39. The molecular weight excluding hydrogens is 432 g/mol. The summed E-state index contributed by atoms with van der Waals surface area (Å²) >= 11 is 0. The van der Waals surface area contributed by atoms with Crippen molar-refractivity contribution in [2.45, 2.75) is 13.8 Å². The predicted octanol–water partition coefficient (Wildman–Crippen LogP) is 4.73. The summed E-state index contributed by atoms with van der Waals surface area (Å²) in [6, 6.07) is 18.0. The first-order valence-electron chi connectivity index (χ1n) is 10.7. The van der Waals surface area contributed by atoms with Gasteiger partial charge in [-0.1, -0.05) is 35.9 Å². The number of methoxy groups -OCH3 is 3. The Labute approximate surface area is 198 Å². The number of amides is 2. The van der Waals surface area contributed by atoms with Gasteiger partial charge >= 0.3 is 0 Å². The van der Waals surface area contributed by atoms with Gasteiger partial charge in [-0.15, -0.1) is 0 Å². The van der Waals surface area contributed by atoms with Crippen LogP contribution in [-0.4, -0.2) is 33.1 Å². The lowest BCUT2D eigenvalue weighted by Gasteiger charge is -2.19. The van der Waals surface area contributed by atoms with Gasteiger partial charge in [-0.2, -0.15) is 0 Å². The first-order chi connectivity index (χ1) is 16.4. The predicted molar refractivity (Wildman–Crippen MR) is 131 cm³/mol. The van der Waals surface area contributed by atoms with Crippen LogP contribution in [0, 0.1) is 13.8 Å². The second-order valence-corrected chi connectivity index (χ2v) is 7.96. The molecule has 0 atom stereocenters. The van der Waals surface area contributed by atoms with Crippen molar-refractivity contribution in [2.75, 3.05) is 31.5 Å². The topological polar surface area (TPSA) is 77.1 Å². The van der Waals surface area contributed by atoms with E-state index in [1.807, 2.05) is 44.2 Å². The third kappa shape index (κ3) is 4.20. The lowest BCUT2D eigenvalue weighted by Crippen LogP contribution is -2.32. The molecule has 1 heterocycles. The molecule has 174 valence electrons. The maximum atomic E-state index is 13.7. The van der Waals surface area contributed by atoms with Gasteiger partial charge in [-0.3, -0.25) is 9.59 Å². The molecule has 2 amide bonds. The van der Waals surface area contributed by atoms with E-state index in [4.69, 9.17) is 14.2 Å². The molecule has 7 heteroatoms. The minimum Gasteiger partial charge on any atom is -0.497 e. The number of hydrogen-bond donors (Lipinski definition) is 1. The van der Waals surface area contributed by atoms with E-state index < -0.39 is 11.8 Å². The highest BCUT2D eigenvalue weighted by molar-refractivity contribution is 6.46. The Morgan fingerprint density at radius 3 is 1.91 bits per heavy atom. The third-order valence-corrected chi connectivity index (χ3v) is 5.62. The summed E-state index contributed by atoms with van der Waals surface area (Å²) in [5.41, 5.74) is 3.95. The second-order valence-electron chi connectivity index (χ2n) is 7.96. The number of hydrogen-bond acceptors (Lipinski definition) is 6. The molecule has 0 spiro atoms. The summed E-state index contributed by atoms with van der Waals surface area (Å²) in [6.45, 7) is 3.86. The van der Waals surface area contributed by atoms with Crippen LogP contribution in [-0.2, 0) is 9.59 Å². The Balaban J connectivity index is 1.86. The average Bonchev–Trinajstić information content (AvgIpc) is 3.08. The van der Waals surface area contributed by atoms with Gasteiger partial charge < -0.3 is 19.5 Å². The monoisotopic (exact) mass is 458 g/mol. The molecular formula is C27H26N2O5. The number of nitrogens with zero attached hydrogens (tertiary/aromatic N) is 1. The summed E-state index contributed by atoms with van der Waals surface area (Å²) in [5, 5.41) is 3.15. The number of ether oxygens (including phenoxy) is 3. The minimum atomic E-state index is -0.480. The molecule has 34 heavy (non-hydrogen) atoms. The molecule has 0 aliphatic carbocycles. The Kier molecular flexibility index (Phi) is 6.27. The average molecular weight is 459 g/mol. The lowest BCUT2D eigenvalue weighted by molar-refractivity contribution is -0.120. The highest BCUT2D eigenvalue weighted by Gasteiger charge is 2.41. The van der Waals surface area contributed by atoms with Crippen LogP contribution in [0.1, 0.15) is 16.7 Å². The molecule has 7 nitrogen and oxygen atoms in total. The van der Waals surface area contributed by atoms with E-state index in [2.05, 4.69) is 5.32 Å². The van der Waals surface area contributed by atoms with Gasteiger partial charge in [0, 0.05) is 23.9 Å². The van der Waals surface area contributed by atoms with E-state index >= 15 is 0 Å². The quantitative estimate of drug-likeness (QED) is 0.516. The molecule has 1 aliphatic heterocycles. The molecule has 3 aromatic rings. The Morgan fingerprint density at radius 2 is 1.32 bits per heavy atom. The number of nitrogens with one attached hydrogen (secondary N) is 1. The minimum absolute atomic E-state index is 0.160. The Hall–Kier alpha value is -4.26. The Bertz CT molecular complexity index is 1270. The van der Waals surface area contributed by atoms with Crippen molar-refractivity contribution in [3.05, 3.63) is 83.1 Å². The van der Waals surface area contributed by atoms with Gasteiger partial charge in [0.15, 0.2) is 0 Å². The van der Waals surface area contributed by atoms with Crippen LogP contribution in [0.2, 0.25) is 0 Å². The van der Waals surface area contributed by atoms with Gasteiger partial charge in [0.1, 0.15) is 22.9 Å². The van der Waals surface area contributed by atoms with Crippen LogP contribution in [0.5, 0.6) is 17.2 Å². The molecule has 0 saturated heterocycles. The van der Waals surface area contributed by atoms with E-state index in [9.17, 15) is 9.59 Å². The van der Waals surface area contributed by atoms with Crippen LogP contribution in [0.15, 0.2) is 66.4 Å². The van der Waals surface area contributed by atoms with E-state index in [1.165, 1.54) is 7.11 Å².